The third kappa shape index (κ3) is 2.43. The molecule has 14 heavy (non-hydrogen) atoms. The van der Waals surface area contributed by atoms with Crippen LogP contribution in [0.5, 0.6) is 0 Å². The summed E-state index contributed by atoms with van der Waals surface area (Å²) in [6, 6.07) is 12.8. The van der Waals surface area contributed by atoms with E-state index in [4.69, 9.17) is 5.11 Å². The number of carboxylic acid groups (broad SMARTS) is 1. The molecule has 0 atom stereocenters. The standard InChI is InChI=1S/C11H8O2.K.H/c12-11(13)10-6-5-8-3-1-2-4-9(8)7-10;;/h1-7H,(H,12,13);;/q;+1;-1. The Morgan fingerprint density at radius 2 is 1.71 bits per heavy atom. The molecule has 0 saturated carbocycles. The molecule has 3 heteroatoms. The van der Waals surface area contributed by atoms with Crippen LogP contribution in [0.25, 0.3) is 10.8 Å². The van der Waals surface area contributed by atoms with Crippen LogP contribution < -0.4 is 51.4 Å². The first-order chi connectivity index (χ1) is 6.27. The normalized spacial score (nSPS) is 9.43. The zero-order chi connectivity index (χ0) is 9.26. The summed E-state index contributed by atoms with van der Waals surface area (Å²) in [6.07, 6.45) is 0. The van der Waals surface area contributed by atoms with Crippen LogP contribution in [0, 0.1) is 0 Å². The Hall–Kier alpha value is -0.194. The molecule has 0 amide bonds. The molecule has 0 radical (unpaired) electrons. The number of rotatable bonds is 1. The SMILES string of the molecule is O=C(O)c1ccc2ccccc2c1.[H-].[K+]. The van der Waals surface area contributed by atoms with E-state index in [1.165, 1.54) is 0 Å². The van der Waals surface area contributed by atoms with Crippen molar-refractivity contribution in [2.24, 2.45) is 0 Å². The largest absolute Gasteiger partial charge is 1.00 e. The van der Waals surface area contributed by atoms with Crippen LogP contribution in [0.4, 0.5) is 0 Å². The van der Waals surface area contributed by atoms with Crippen LogP contribution in [0.15, 0.2) is 42.5 Å². The van der Waals surface area contributed by atoms with Gasteiger partial charge in [0, 0.05) is 0 Å². The number of carbonyl (C=O) groups is 1. The van der Waals surface area contributed by atoms with Crippen LogP contribution >= 0.6 is 0 Å². The fourth-order valence-corrected chi connectivity index (χ4v) is 1.32. The fraction of sp³-hybridized carbons (Fsp3) is 0. The summed E-state index contributed by atoms with van der Waals surface area (Å²) in [5.41, 5.74) is 0.332. The smallest absolute Gasteiger partial charge is 1.00 e. The molecule has 0 aromatic heterocycles. The predicted octanol–water partition coefficient (Wildman–Crippen LogP) is -0.346. The second-order valence-corrected chi connectivity index (χ2v) is 2.87. The molecule has 0 aliphatic heterocycles. The van der Waals surface area contributed by atoms with Gasteiger partial charge in [-0.3, -0.25) is 0 Å². The Kier molecular flexibility index (Phi) is 4.28. The zero-order valence-electron chi connectivity index (χ0n) is 8.90. The Morgan fingerprint density at radius 3 is 2.36 bits per heavy atom. The predicted molar refractivity (Wildman–Crippen MR) is 52.0 cm³/mol. The molecule has 2 rings (SSSR count). The van der Waals surface area contributed by atoms with Crippen molar-refractivity contribution in [2.45, 2.75) is 0 Å². The Bertz CT molecular complexity index is 471. The molecule has 0 saturated heterocycles. The molecule has 1 N–H and O–H groups in total. The molecule has 0 bridgehead atoms. The van der Waals surface area contributed by atoms with Gasteiger partial charge in [-0.15, -0.1) is 0 Å². The number of fused-ring (bicyclic) bond motifs is 1. The van der Waals surface area contributed by atoms with Crippen molar-refractivity contribution in [3.05, 3.63) is 48.0 Å². The van der Waals surface area contributed by atoms with Crippen molar-refractivity contribution in [3.63, 3.8) is 0 Å². The van der Waals surface area contributed by atoms with Crippen molar-refractivity contribution < 1.29 is 62.7 Å². The molecule has 0 heterocycles. The maximum absolute atomic E-state index is 10.6. The second kappa shape index (κ2) is 5.05. The molecule has 0 aliphatic carbocycles. The first-order valence-corrected chi connectivity index (χ1v) is 3.99. The van der Waals surface area contributed by atoms with Gasteiger partial charge in [0.15, 0.2) is 0 Å². The van der Waals surface area contributed by atoms with Gasteiger partial charge in [-0.2, -0.15) is 0 Å². The Morgan fingerprint density at radius 1 is 1.07 bits per heavy atom. The first kappa shape index (κ1) is 11.9. The molecular weight excluding hydrogens is 203 g/mol. The summed E-state index contributed by atoms with van der Waals surface area (Å²) >= 11 is 0. The summed E-state index contributed by atoms with van der Waals surface area (Å²) in [5.74, 6) is -0.884. The number of benzene rings is 2. The van der Waals surface area contributed by atoms with E-state index < -0.39 is 5.97 Å². The molecule has 0 unspecified atom stereocenters. The van der Waals surface area contributed by atoms with E-state index in [0.717, 1.165) is 10.8 Å². The molecule has 0 spiro atoms. The van der Waals surface area contributed by atoms with E-state index in [1.807, 2.05) is 30.3 Å². The van der Waals surface area contributed by atoms with E-state index in [-0.39, 0.29) is 52.8 Å². The van der Waals surface area contributed by atoms with Gasteiger partial charge in [0.2, 0.25) is 0 Å². The fourth-order valence-electron chi connectivity index (χ4n) is 1.32. The van der Waals surface area contributed by atoms with Gasteiger partial charge in [-0.1, -0.05) is 30.3 Å². The van der Waals surface area contributed by atoms with Gasteiger partial charge in [0.05, 0.1) is 5.56 Å². The number of carboxylic acids is 1. The number of hydrogen-bond donors (Lipinski definition) is 1. The van der Waals surface area contributed by atoms with E-state index in [0.29, 0.717) is 5.56 Å². The van der Waals surface area contributed by atoms with Crippen molar-refractivity contribution in [3.8, 4) is 0 Å². The van der Waals surface area contributed by atoms with Gasteiger partial charge in [0.25, 0.3) is 0 Å². The van der Waals surface area contributed by atoms with Crippen LogP contribution in [0.3, 0.4) is 0 Å². The molecule has 66 valence electrons. The molecule has 2 nitrogen and oxygen atoms in total. The first-order valence-electron chi connectivity index (χ1n) is 3.99. The summed E-state index contributed by atoms with van der Waals surface area (Å²) in [4.78, 5) is 10.6. The number of hydrogen-bond acceptors (Lipinski definition) is 1. The zero-order valence-corrected chi connectivity index (χ0v) is 11.0. The monoisotopic (exact) mass is 212 g/mol. The summed E-state index contributed by atoms with van der Waals surface area (Å²) < 4.78 is 0. The van der Waals surface area contributed by atoms with Gasteiger partial charge in [-0.25, -0.2) is 4.79 Å². The molecule has 0 fully saturated rings. The van der Waals surface area contributed by atoms with Crippen molar-refractivity contribution in [1.29, 1.82) is 0 Å². The molecule has 2 aromatic rings. The van der Waals surface area contributed by atoms with E-state index in [9.17, 15) is 4.79 Å². The Labute approximate surface area is 126 Å². The van der Waals surface area contributed by atoms with Crippen LogP contribution in [-0.4, -0.2) is 11.1 Å². The topological polar surface area (TPSA) is 37.3 Å². The van der Waals surface area contributed by atoms with E-state index >= 15 is 0 Å². The average Bonchev–Trinajstić information content (AvgIpc) is 2.17. The van der Waals surface area contributed by atoms with Crippen molar-refractivity contribution >= 4 is 16.7 Å². The van der Waals surface area contributed by atoms with Crippen LogP contribution in [0.1, 0.15) is 11.8 Å². The maximum Gasteiger partial charge on any atom is 1.00 e. The van der Waals surface area contributed by atoms with Gasteiger partial charge < -0.3 is 6.53 Å². The molecular formula is C11H9KO2. The van der Waals surface area contributed by atoms with E-state index in [2.05, 4.69) is 0 Å². The van der Waals surface area contributed by atoms with Gasteiger partial charge in [0.1, 0.15) is 0 Å². The Balaban J connectivity index is 0.000000980. The average molecular weight is 212 g/mol. The maximum atomic E-state index is 10.6. The van der Waals surface area contributed by atoms with Crippen LogP contribution in [-0.2, 0) is 0 Å². The summed E-state index contributed by atoms with van der Waals surface area (Å²) in [6.45, 7) is 0. The van der Waals surface area contributed by atoms with Gasteiger partial charge in [-0.05, 0) is 22.9 Å². The minimum atomic E-state index is -0.884. The minimum absolute atomic E-state index is 0. The third-order valence-electron chi connectivity index (χ3n) is 2.00. The van der Waals surface area contributed by atoms with Crippen molar-refractivity contribution in [1.82, 2.24) is 0 Å². The van der Waals surface area contributed by atoms with Gasteiger partial charge >= 0.3 is 57.4 Å². The quantitative estimate of drug-likeness (QED) is 0.656. The molecule has 0 aliphatic rings. The second-order valence-electron chi connectivity index (χ2n) is 2.87. The molecule has 2 aromatic carbocycles. The van der Waals surface area contributed by atoms with E-state index in [1.54, 1.807) is 12.1 Å². The summed E-state index contributed by atoms with van der Waals surface area (Å²) in [7, 11) is 0. The van der Waals surface area contributed by atoms with Crippen molar-refractivity contribution in [2.75, 3.05) is 0 Å². The minimum Gasteiger partial charge on any atom is -1.00 e. The third-order valence-corrected chi connectivity index (χ3v) is 2.00. The number of aromatic carboxylic acids is 1. The summed E-state index contributed by atoms with van der Waals surface area (Å²) in [5, 5.41) is 10.8. The van der Waals surface area contributed by atoms with Crippen LogP contribution in [0.2, 0.25) is 0 Å².